The van der Waals surface area contributed by atoms with Crippen LogP contribution >= 0.6 is 11.8 Å². The summed E-state index contributed by atoms with van der Waals surface area (Å²) < 4.78 is 7.24. The van der Waals surface area contributed by atoms with Gasteiger partial charge in [0, 0.05) is 42.0 Å². The number of ether oxygens (including phenoxy) is 1. The Bertz CT molecular complexity index is 1480. The fraction of sp³-hybridized carbons (Fsp3) is 0.423. The lowest BCUT2D eigenvalue weighted by Gasteiger charge is -2.38. The first-order valence-electron chi connectivity index (χ1n) is 12.4. The van der Waals surface area contributed by atoms with Gasteiger partial charge < -0.3 is 25.0 Å². The molecule has 198 valence electrons. The van der Waals surface area contributed by atoms with Gasteiger partial charge in [-0.15, -0.1) is 0 Å². The molecule has 2 fully saturated rings. The molecule has 0 radical (unpaired) electrons. The van der Waals surface area contributed by atoms with E-state index in [0.717, 1.165) is 30.2 Å². The normalized spacial score (nSPS) is 21.7. The maximum Gasteiger partial charge on any atom is 0.332 e. The number of aryl methyl sites for hydroxylation is 1. The summed E-state index contributed by atoms with van der Waals surface area (Å²) in [7, 11) is 0. The smallest absolute Gasteiger partial charge is 0.332 e. The molecule has 11 nitrogen and oxygen atoms in total. The Balaban J connectivity index is 1.49. The highest BCUT2D eigenvalue weighted by Crippen LogP contribution is 2.37. The number of fused-ring (bicyclic) bond motifs is 1. The van der Waals surface area contributed by atoms with Crippen LogP contribution in [0.2, 0.25) is 0 Å². The van der Waals surface area contributed by atoms with E-state index in [1.54, 1.807) is 22.9 Å². The number of pyridine rings is 1. The first-order valence-corrected chi connectivity index (χ1v) is 13.6. The van der Waals surface area contributed by atoms with Crippen molar-refractivity contribution in [3.8, 4) is 6.07 Å². The Labute approximate surface area is 222 Å². The molecule has 38 heavy (non-hydrogen) atoms. The van der Waals surface area contributed by atoms with Crippen molar-refractivity contribution in [1.82, 2.24) is 19.7 Å². The van der Waals surface area contributed by atoms with Gasteiger partial charge in [-0.3, -0.25) is 14.3 Å². The molecule has 3 N–H and O–H groups in total. The van der Waals surface area contributed by atoms with Gasteiger partial charge in [0.1, 0.15) is 5.39 Å². The summed E-state index contributed by atoms with van der Waals surface area (Å²) in [6, 6.07) is 9.30. The van der Waals surface area contributed by atoms with Crippen molar-refractivity contribution in [1.29, 1.82) is 5.26 Å². The first kappa shape index (κ1) is 25.8. The van der Waals surface area contributed by atoms with E-state index < -0.39 is 17.6 Å². The van der Waals surface area contributed by atoms with Gasteiger partial charge in [0.25, 0.3) is 11.5 Å². The number of H-pyrrole nitrogens is 1. The van der Waals surface area contributed by atoms with Crippen molar-refractivity contribution >= 4 is 46.0 Å². The zero-order valence-corrected chi connectivity index (χ0v) is 21.7. The standard InChI is InChI=1S/C26H28N6O5S/c1-16-14-17(2-3-18(16)24(34)31-10-12-38-13-11-31)29-22-21-19(5-9-28-23(21)33)32(30-22)26(7-8-27)6-4-20(25(35)36)37-15-26/h2-3,5,9,14,20H,4,6-7,10-13,15H2,1H3,(H,28,33)(H,29,30)(H,35,36). The number of carboxylic acid groups (broad SMARTS) is 1. The number of hydrogen-bond acceptors (Lipinski definition) is 8. The minimum Gasteiger partial charge on any atom is -0.479 e. The molecule has 5 rings (SSSR count). The van der Waals surface area contributed by atoms with Gasteiger partial charge in [0.05, 0.1) is 30.2 Å². The Hall–Kier alpha value is -3.82. The minimum atomic E-state index is -1.05. The number of carbonyl (C=O) groups is 2. The lowest BCUT2D eigenvalue weighted by atomic mass is 9.87. The number of nitrogens with zero attached hydrogens (tertiary/aromatic N) is 4. The van der Waals surface area contributed by atoms with Crippen LogP contribution in [0.4, 0.5) is 11.5 Å². The second-order valence-corrected chi connectivity index (χ2v) is 10.8. The fourth-order valence-corrected chi connectivity index (χ4v) is 6.02. The van der Waals surface area contributed by atoms with E-state index in [2.05, 4.69) is 16.4 Å². The van der Waals surface area contributed by atoms with Crippen molar-refractivity contribution in [2.45, 2.75) is 37.8 Å². The summed E-state index contributed by atoms with van der Waals surface area (Å²) in [4.78, 5) is 41.9. The number of thioether (sulfide) groups is 1. The minimum absolute atomic E-state index is 0.0101. The number of anilines is 2. The number of aliphatic carboxylic acids is 1. The number of carbonyl (C=O) groups excluding carboxylic acids is 1. The number of benzene rings is 1. The van der Waals surface area contributed by atoms with Gasteiger partial charge in [0.2, 0.25) is 0 Å². The quantitative estimate of drug-likeness (QED) is 0.431. The van der Waals surface area contributed by atoms with Crippen molar-refractivity contribution in [2.24, 2.45) is 0 Å². The Morgan fingerprint density at radius 2 is 2.13 bits per heavy atom. The maximum absolute atomic E-state index is 13.0. The van der Waals surface area contributed by atoms with Gasteiger partial charge in [-0.1, -0.05) is 0 Å². The highest BCUT2D eigenvalue weighted by Gasteiger charge is 2.42. The molecule has 2 aliphatic rings. The molecule has 4 heterocycles. The van der Waals surface area contributed by atoms with Gasteiger partial charge in [-0.25, -0.2) is 4.79 Å². The second-order valence-electron chi connectivity index (χ2n) is 9.62. The number of amides is 1. The molecule has 2 saturated heterocycles. The zero-order valence-electron chi connectivity index (χ0n) is 20.9. The van der Waals surface area contributed by atoms with Crippen LogP contribution < -0.4 is 10.9 Å². The first-order chi connectivity index (χ1) is 18.3. The summed E-state index contributed by atoms with van der Waals surface area (Å²) in [6.07, 6.45) is 1.17. The molecule has 1 aromatic carbocycles. The van der Waals surface area contributed by atoms with Gasteiger partial charge >= 0.3 is 5.97 Å². The largest absolute Gasteiger partial charge is 0.479 e. The van der Waals surface area contributed by atoms with Crippen LogP contribution in [0.25, 0.3) is 10.9 Å². The van der Waals surface area contributed by atoms with Crippen molar-refractivity contribution < 1.29 is 19.4 Å². The van der Waals surface area contributed by atoms with Gasteiger partial charge in [0.15, 0.2) is 11.9 Å². The number of hydrogen-bond donors (Lipinski definition) is 3. The lowest BCUT2D eigenvalue weighted by Crippen LogP contribution is -2.46. The van der Waals surface area contributed by atoms with Crippen molar-refractivity contribution in [3.63, 3.8) is 0 Å². The van der Waals surface area contributed by atoms with E-state index in [1.165, 1.54) is 6.20 Å². The van der Waals surface area contributed by atoms with Crippen LogP contribution in [-0.4, -0.2) is 74.0 Å². The molecule has 0 saturated carbocycles. The SMILES string of the molecule is Cc1cc(Nc2nn(C3(CC#N)CCC(C(=O)O)OC3)c3cc[nH]c(=O)c23)ccc1C(=O)N1CCSCC1. The summed E-state index contributed by atoms with van der Waals surface area (Å²) >= 11 is 1.84. The molecule has 2 aromatic heterocycles. The zero-order chi connectivity index (χ0) is 26.9. The monoisotopic (exact) mass is 536 g/mol. The van der Waals surface area contributed by atoms with E-state index in [4.69, 9.17) is 9.84 Å². The summed E-state index contributed by atoms with van der Waals surface area (Å²) in [5, 5.41) is 27.2. The van der Waals surface area contributed by atoms with Crippen LogP contribution in [0.3, 0.4) is 0 Å². The third-order valence-corrected chi connectivity index (χ3v) is 8.12. The van der Waals surface area contributed by atoms with E-state index >= 15 is 0 Å². The van der Waals surface area contributed by atoms with E-state index in [-0.39, 0.29) is 30.9 Å². The van der Waals surface area contributed by atoms with Crippen molar-refractivity contribution in [3.05, 3.63) is 51.9 Å². The van der Waals surface area contributed by atoms with Crippen LogP contribution in [0.5, 0.6) is 0 Å². The predicted octanol–water partition coefficient (Wildman–Crippen LogP) is 2.84. The van der Waals surface area contributed by atoms with Gasteiger partial charge in [-0.05, 0) is 49.6 Å². The molecule has 2 aliphatic heterocycles. The number of carboxylic acids is 1. The van der Waals surface area contributed by atoms with E-state index in [0.29, 0.717) is 34.4 Å². The molecule has 12 heteroatoms. The number of rotatable bonds is 6. The molecule has 1 amide bonds. The number of nitrogens with one attached hydrogen (secondary N) is 2. The summed E-state index contributed by atoms with van der Waals surface area (Å²) in [5.41, 5.74) is 1.33. The average Bonchev–Trinajstić information content (AvgIpc) is 3.29. The average molecular weight is 537 g/mol. The highest BCUT2D eigenvalue weighted by atomic mass is 32.2. The van der Waals surface area contributed by atoms with Crippen LogP contribution in [-0.2, 0) is 15.1 Å². The molecule has 3 aromatic rings. The van der Waals surface area contributed by atoms with Crippen molar-refractivity contribution in [2.75, 3.05) is 36.5 Å². The van der Waals surface area contributed by atoms with E-state index in [9.17, 15) is 24.8 Å². The van der Waals surface area contributed by atoms with Crippen LogP contribution in [0, 0.1) is 18.3 Å². The molecular weight excluding hydrogens is 508 g/mol. The molecule has 0 bridgehead atoms. The van der Waals surface area contributed by atoms with Gasteiger partial charge in [-0.2, -0.15) is 22.1 Å². The van der Waals surface area contributed by atoms with Crippen LogP contribution in [0.15, 0.2) is 35.3 Å². The highest BCUT2D eigenvalue weighted by molar-refractivity contribution is 7.99. The van der Waals surface area contributed by atoms with E-state index in [1.807, 2.05) is 29.7 Å². The molecule has 0 aliphatic carbocycles. The summed E-state index contributed by atoms with van der Waals surface area (Å²) in [6.45, 7) is 3.32. The molecule has 2 unspecified atom stereocenters. The molecule has 2 atom stereocenters. The predicted molar refractivity (Wildman–Crippen MR) is 143 cm³/mol. The Kier molecular flexibility index (Phi) is 7.14. The molecular formula is C26H28N6O5S. The lowest BCUT2D eigenvalue weighted by molar-refractivity contribution is -0.158. The second kappa shape index (κ2) is 10.5. The maximum atomic E-state index is 13.0. The number of aromatic amines is 1. The molecule has 0 spiro atoms. The fourth-order valence-electron chi connectivity index (χ4n) is 5.12. The third kappa shape index (κ3) is 4.75. The third-order valence-electron chi connectivity index (χ3n) is 7.18. The Morgan fingerprint density at radius 3 is 2.79 bits per heavy atom. The number of aromatic nitrogens is 3. The topological polar surface area (TPSA) is 153 Å². The number of nitriles is 1. The van der Waals surface area contributed by atoms with Crippen LogP contribution in [0.1, 0.15) is 35.2 Å². The Morgan fingerprint density at radius 1 is 1.34 bits per heavy atom. The summed E-state index contributed by atoms with van der Waals surface area (Å²) in [5.74, 6) is 1.13.